The highest BCUT2D eigenvalue weighted by molar-refractivity contribution is 7.92. The Bertz CT molecular complexity index is 465. The molecule has 0 saturated heterocycles. The number of nitrogens with two attached hydrogens (primary N) is 1. The molecule has 0 spiro atoms. The Kier molecular flexibility index (Phi) is 3.86. The molecule has 0 saturated carbocycles. The number of methoxy groups -OCH3 is 1. The van der Waals surface area contributed by atoms with Gasteiger partial charge in [0.2, 0.25) is 0 Å². The third-order valence-corrected chi connectivity index (χ3v) is 3.46. The van der Waals surface area contributed by atoms with Gasteiger partial charge in [0.25, 0.3) is 0 Å². The molecule has 0 aliphatic heterocycles. The lowest BCUT2D eigenvalue weighted by molar-refractivity contribution is -0.141. The van der Waals surface area contributed by atoms with Gasteiger partial charge in [-0.1, -0.05) is 0 Å². The number of benzene rings is 1. The number of hydrogen-bond acceptors (Lipinski definition) is 6. The van der Waals surface area contributed by atoms with Gasteiger partial charge < -0.3 is 9.57 Å². The molecule has 0 heterocycles. The van der Waals surface area contributed by atoms with Gasteiger partial charge in [-0.05, 0) is 24.3 Å². The molecule has 2 N–H and O–H groups in total. The zero-order chi connectivity index (χ0) is 12.2. The van der Waals surface area contributed by atoms with Gasteiger partial charge in [-0.15, -0.1) is 0 Å². The number of sulfone groups is 1. The van der Waals surface area contributed by atoms with Crippen LogP contribution >= 0.6 is 0 Å². The summed E-state index contributed by atoms with van der Waals surface area (Å²) in [7, 11) is -2.24. The van der Waals surface area contributed by atoms with Crippen molar-refractivity contribution >= 4 is 15.8 Å². The quantitative estimate of drug-likeness (QED) is 0.743. The molecule has 0 amide bonds. The standard InChI is InChI=1S/C9H11NO5S/c1-14-7-2-4-8(5-3-7)16(12,13)6-9(11)15-10/h2-5H,6,10H2,1H3. The van der Waals surface area contributed by atoms with E-state index in [-0.39, 0.29) is 4.90 Å². The molecule has 0 unspecified atom stereocenters. The van der Waals surface area contributed by atoms with Crippen LogP contribution in [0.4, 0.5) is 0 Å². The van der Waals surface area contributed by atoms with Crippen molar-refractivity contribution in [1.82, 2.24) is 0 Å². The molecule has 0 fully saturated rings. The van der Waals surface area contributed by atoms with Crippen molar-refractivity contribution in [2.24, 2.45) is 5.90 Å². The third kappa shape index (κ3) is 2.94. The lowest BCUT2D eigenvalue weighted by Gasteiger charge is -2.04. The molecular formula is C9H11NO5S. The van der Waals surface area contributed by atoms with Crippen molar-refractivity contribution in [2.75, 3.05) is 12.9 Å². The van der Waals surface area contributed by atoms with Gasteiger partial charge in [-0.25, -0.2) is 13.2 Å². The number of ether oxygens (including phenoxy) is 1. The minimum atomic E-state index is -3.71. The maximum absolute atomic E-state index is 11.6. The molecule has 0 aromatic heterocycles. The Hall–Kier alpha value is -1.60. The maximum atomic E-state index is 11.6. The van der Waals surface area contributed by atoms with Crippen LogP contribution in [0.15, 0.2) is 29.2 Å². The van der Waals surface area contributed by atoms with Crippen LogP contribution in [0.1, 0.15) is 0 Å². The first-order valence-corrected chi connectivity index (χ1v) is 5.91. The zero-order valence-electron chi connectivity index (χ0n) is 8.54. The summed E-state index contributed by atoms with van der Waals surface area (Å²) in [6.07, 6.45) is 0. The Labute approximate surface area is 92.8 Å². The fraction of sp³-hybridized carbons (Fsp3) is 0.222. The molecule has 0 aliphatic carbocycles. The second-order valence-electron chi connectivity index (χ2n) is 2.92. The van der Waals surface area contributed by atoms with Gasteiger partial charge in [0.15, 0.2) is 15.6 Å². The fourth-order valence-corrected chi connectivity index (χ4v) is 2.15. The smallest absolute Gasteiger partial charge is 0.339 e. The van der Waals surface area contributed by atoms with E-state index >= 15 is 0 Å². The van der Waals surface area contributed by atoms with Crippen molar-refractivity contribution in [3.05, 3.63) is 24.3 Å². The monoisotopic (exact) mass is 245 g/mol. The summed E-state index contributed by atoms with van der Waals surface area (Å²) in [4.78, 5) is 14.6. The van der Waals surface area contributed by atoms with Crippen molar-refractivity contribution in [2.45, 2.75) is 4.90 Å². The van der Waals surface area contributed by atoms with E-state index < -0.39 is 21.6 Å². The zero-order valence-corrected chi connectivity index (χ0v) is 9.36. The predicted molar refractivity (Wildman–Crippen MR) is 55.3 cm³/mol. The summed E-state index contributed by atoms with van der Waals surface area (Å²) in [5.74, 6) is 3.31. The minimum Gasteiger partial charge on any atom is -0.497 e. The second kappa shape index (κ2) is 4.95. The second-order valence-corrected chi connectivity index (χ2v) is 4.91. The average Bonchev–Trinajstić information content (AvgIpc) is 2.28. The van der Waals surface area contributed by atoms with E-state index in [1.165, 1.54) is 31.4 Å². The Morgan fingerprint density at radius 1 is 1.31 bits per heavy atom. The van der Waals surface area contributed by atoms with Crippen LogP contribution in [0.5, 0.6) is 5.75 Å². The van der Waals surface area contributed by atoms with Crippen LogP contribution < -0.4 is 10.6 Å². The van der Waals surface area contributed by atoms with Gasteiger partial charge in [-0.3, -0.25) is 0 Å². The fourth-order valence-electron chi connectivity index (χ4n) is 1.06. The van der Waals surface area contributed by atoms with Crippen LogP contribution in [0.25, 0.3) is 0 Å². The van der Waals surface area contributed by atoms with E-state index in [1.54, 1.807) is 0 Å². The Balaban J connectivity index is 2.94. The van der Waals surface area contributed by atoms with Crippen molar-refractivity contribution in [1.29, 1.82) is 0 Å². The minimum absolute atomic E-state index is 0.0127. The first-order valence-electron chi connectivity index (χ1n) is 4.26. The molecule has 7 heteroatoms. The normalized spacial score (nSPS) is 10.9. The number of carbonyl (C=O) groups is 1. The molecule has 88 valence electrons. The van der Waals surface area contributed by atoms with Gasteiger partial charge in [0.1, 0.15) is 5.75 Å². The van der Waals surface area contributed by atoms with Crippen LogP contribution in [0.3, 0.4) is 0 Å². The lowest BCUT2D eigenvalue weighted by atomic mass is 10.3. The Morgan fingerprint density at radius 3 is 2.31 bits per heavy atom. The number of hydrogen-bond donors (Lipinski definition) is 1. The highest BCUT2D eigenvalue weighted by Crippen LogP contribution is 2.16. The summed E-state index contributed by atoms with van der Waals surface area (Å²) in [6, 6.07) is 5.66. The van der Waals surface area contributed by atoms with Crippen LogP contribution in [-0.2, 0) is 19.5 Å². The van der Waals surface area contributed by atoms with Crippen molar-refractivity contribution in [3.63, 3.8) is 0 Å². The van der Waals surface area contributed by atoms with E-state index in [4.69, 9.17) is 4.74 Å². The molecule has 0 atom stereocenters. The topological polar surface area (TPSA) is 95.7 Å². The van der Waals surface area contributed by atoms with Gasteiger partial charge in [-0.2, -0.15) is 5.90 Å². The average molecular weight is 245 g/mol. The van der Waals surface area contributed by atoms with E-state index in [0.29, 0.717) is 5.75 Å². The predicted octanol–water partition coefficient (Wildman–Crippen LogP) is -0.114. The van der Waals surface area contributed by atoms with Gasteiger partial charge >= 0.3 is 5.97 Å². The van der Waals surface area contributed by atoms with Crippen molar-refractivity contribution in [3.8, 4) is 5.75 Å². The first-order chi connectivity index (χ1) is 7.49. The molecule has 16 heavy (non-hydrogen) atoms. The third-order valence-electron chi connectivity index (χ3n) is 1.86. The molecule has 0 bridgehead atoms. The molecule has 1 aromatic carbocycles. The lowest BCUT2D eigenvalue weighted by Crippen LogP contribution is -2.21. The summed E-state index contributed by atoms with van der Waals surface area (Å²) < 4.78 is 28.1. The molecular weight excluding hydrogens is 234 g/mol. The summed E-state index contributed by atoms with van der Waals surface area (Å²) >= 11 is 0. The molecule has 0 radical (unpaired) electrons. The summed E-state index contributed by atoms with van der Waals surface area (Å²) in [5.41, 5.74) is 0. The highest BCUT2D eigenvalue weighted by Gasteiger charge is 2.19. The molecule has 1 aromatic rings. The van der Waals surface area contributed by atoms with E-state index in [0.717, 1.165) is 0 Å². The Morgan fingerprint density at radius 2 is 1.88 bits per heavy atom. The maximum Gasteiger partial charge on any atom is 0.339 e. The number of carbonyl (C=O) groups excluding carboxylic acids is 1. The van der Waals surface area contributed by atoms with Crippen LogP contribution in [0, 0.1) is 0 Å². The summed E-state index contributed by atoms with van der Waals surface area (Å²) in [5, 5.41) is 0. The van der Waals surface area contributed by atoms with E-state index in [9.17, 15) is 13.2 Å². The van der Waals surface area contributed by atoms with Crippen LogP contribution in [-0.4, -0.2) is 27.2 Å². The van der Waals surface area contributed by atoms with Crippen LogP contribution in [0.2, 0.25) is 0 Å². The summed E-state index contributed by atoms with van der Waals surface area (Å²) in [6.45, 7) is 0. The molecule has 0 aliphatic rings. The van der Waals surface area contributed by atoms with Crippen molar-refractivity contribution < 1.29 is 22.8 Å². The molecule has 6 nitrogen and oxygen atoms in total. The van der Waals surface area contributed by atoms with E-state index in [1.807, 2.05) is 0 Å². The number of rotatable bonds is 4. The highest BCUT2D eigenvalue weighted by atomic mass is 32.2. The molecule has 1 rings (SSSR count). The SMILES string of the molecule is COc1ccc(S(=O)(=O)CC(=O)ON)cc1. The van der Waals surface area contributed by atoms with Gasteiger partial charge in [0, 0.05) is 0 Å². The van der Waals surface area contributed by atoms with E-state index in [2.05, 4.69) is 10.7 Å². The largest absolute Gasteiger partial charge is 0.497 e. The first kappa shape index (κ1) is 12.5. The van der Waals surface area contributed by atoms with Gasteiger partial charge in [0.05, 0.1) is 12.0 Å².